The lowest BCUT2D eigenvalue weighted by atomic mass is 9.64. The summed E-state index contributed by atoms with van der Waals surface area (Å²) in [7, 11) is 0. The lowest BCUT2D eigenvalue weighted by Crippen LogP contribution is -2.37. The van der Waals surface area contributed by atoms with Crippen LogP contribution >= 0.6 is 0 Å². The molecule has 3 unspecified atom stereocenters. The molecule has 5 aromatic carbocycles. The summed E-state index contributed by atoms with van der Waals surface area (Å²) in [5, 5.41) is 30.5. The van der Waals surface area contributed by atoms with Crippen molar-refractivity contribution in [2.24, 2.45) is 0 Å². The average molecular weight is 679 g/mol. The third kappa shape index (κ3) is 4.27. The minimum absolute atomic E-state index is 0.0317. The molecule has 0 saturated heterocycles. The van der Waals surface area contributed by atoms with Crippen LogP contribution in [0.3, 0.4) is 0 Å². The van der Waals surface area contributed by atoms with Crippen molar-refractivity contribution in [2.45, 2.75) is 42.6 Å². The zero-order valence-electron chi connectivity index (χ0n) is 28.3. The monoisotopic (exact) mass is 678 g/mol. The Hall–Kier alpha value is -6.27. The largest absolute Gasteiger partial charge is 0.481 e. The summed E-state index contributed by atoms with van der Waals surface area (Å²) in [5.74, 6) is -1.81. The lowest BCUT2D eigenvalue weighted by Gasteiger charge is -2.38. The Morgan fingerprint density at radius 3 is 2.02 bits per heavy atom. The van der Waals surface area contributed by atoms with Gasteiger partial charge in [-0.05, 0) is 74.4 Å². The van der Waals surface area contributed by atoms with Crippen LogP contribution in [0.2, 0.25) is 0 Å². The first-order valence-corrected chi connectivity index (χ1v) is 17.8. The highest BCUT2D eigenvalue weighted by Gasteiger charge is 2.52. The predicted molar refractivity (Wildman–Crippen MR) is 205 cm³/mol. The number of carboxylic acid groups (broad SMARTS) is 2. The van der Waals surface area contributed by atoms with E-state index in [1.165, 1.54) is 0 Å². The number of dihydropyridines is 1. The molecule has 3 N–H and O–H groups in total. The first kappa shape index (κ1) is 30.5. The quantitative estimate of drug-likeness (QED) is 0.156. The van der Waals surface area contributed by atoms with Gasteiger partial charge in [-0.2, -0.15) is 0 Å². The number of benzene rings is 5. The normalized spacial score (nSPS) is 22.1. The van der Waals surface area contributed by atoms with Gasteiger partial charge in [-0.15, -0.1) is 0 Å². The molecule has 252 valence electrons. The highest BCUT2D eigenvalue weighted by Crippen LogP contribution is 2.60. The van der Waals surface area contributed by atoms with Crippen LogP contribution in [0.25, 0.3) is 49.4 Å². The molecule has 52 heavy (non-hydrogen) atoms. The van der Waals surface area contributed by atoms with Crippen molar-refractivity contribution in [3.63, 3.8) is 0 Å². The van der Waals surface area contributed by atoms with Gasteiger partial charge in [0.2, 0.25) is 0 Å². The molecule has 1 aliphatic heterocycles. The molecule has 3 atom stereocenters. The number of aromatic nitrogens is 1. The maximum absolute atomic E-state index is 13.1. The molecule has 6 heteroatoms. The molecule has 6 nitrogen and oxygen atoms in total. The highest BCUT2D eigenvalue weighted by atomic mass is 16.4. The number of aliphatic carboxylic acids is 2. The van der Waals surface area contributed by atoms with Gasteiger partial charge in [0.25, 0.3) is 0 Å². The van der Waals surface area contributed by atoms with E-state index in [0.717, 1.165) is 82.8 Å². The van der Waals surface area contributed by atoms with E-state index >= 15 is 0 Å². The van der Waals surface area contributed by atoms with Gasteiger partial charge in [0.05, 0.1) is 30.1 Å². The Labute approximate surface area is 300 Å². The number of nitrogens with one attached hydrogen (secondary N) is 1. The molecule has 0 fully saturated rings. The number of nitrogens with zero attached hydrogens (tertiary/aromatic N) is 1. The number of pyridine rings is 1. The molecule has 4 aliphatic rings. The number of hydrogen-bond acceptors (Lipinski definition) is 4. The van der Waals surface area contributed by atoms with Crippen LogP contribution in [0.1, 0.15) is 47.9 Å². The van der Waals surface area contributed by atoms with E-state index in [4.69, 9.17) is 4.98 Å². The molecule has 10 rings (SSSR count). The number of carbonyl (C=O) groups is 2. The summed E-state index contributed by atoms with van der Waals surface area (Å²) >= 11 is 0. The minimum Gasteiger partial charge on any atom is -0.481 e. The topological polar surface area (TPSA) is 99.5 Å². The van der Waals surface area contributed by atoms with Crippen molar-refractivity contribution in [1.29, 1.82) is 0 Å². The standard InChI is InChI=1S/C46H34N2O4/c49-39(50)25-45(33-19-17-27-9-1-5-13-31(27)41(33)43-35(45)23-29-11-3-7-15-37(29)47-43)21-22-46(26-40(51)52)34-20-18-28-10-2-6-14-32(28)42(34)44-36(46)24-30-12-4-8-16-38(30)48-44/h1-20,23-24,37,47H,21-22,25-26H2,(H,49,50)(H,51,52). The third-order valence-corrected chi connectivity index (χ3v) is 12.0. The van der Waals surface area contributed by atoms with E-state index in [1.807, 2.05) is 60.7 Å². The molecule has 0 saturated carbocycles. The second kappa shape index (κ2) is 11.1. The average Bonchev–Trinajstić information content (AvgIpc) is 3.57. The molecular weight excluding hydrogens is 645 g/mol. The summed E-state index contributed by atoms with van der Waals surface area (Å²) in [6, 6.07) is 34.9. The number of carboxylic acids is 2. The number of hydrogen-bond donors (Lipinski definition) is 3. The van der Waals surface area contributed by atoms with Crippen molar-refractivity contribution in [2.75, 3.05) is 0 Å². The third-order valence-electron chi connectivity index (χ3n) is 12.0. The van der Waals surface area contributed by atoms with E-state index in [1.54, 1.807) is 0 Å². The first-order chi connectivity index (χ1) is 25.4. The fourth-order valence-corrected chi connectivity index (χ4v) is 9.75. The van der Waals surface area contributed by atoms with Gasteiger partial charge in [-0.3, -0.25) is 9.59 Å². The second-order valence-electron chi connectivity index (χ2n) is 14.6. The van der Waals surface area contributed by atoms with Gasteiger partial charge >= 0.3 is 11.9 Å². The molecule has 0 amide bonds. The zero-order chi connectivity index (χ0) is 35.2. The Bertz CT molecular complexity index is 2700. The summed E-state index contributed by atoms with van der Waals surface area (Å²) in [6.07, 6.45) is 11.0. The highest BCUT2D eigenvalue weighted by molar-refractivity contribution is 6.04. The SMILES string of the molecule is O=C(O)CC1(CCC2(CC(=O)O)c3cc4ccccc4nc3-c3c2ccc2ccccc32)C2=C(NC3C=CC=CC3=C2)c2c1ccc1ccccc21. The molecular formula is C46H34N2O4. The van der Waals surface area contributed by atoms with Gasteiger partial charge in [-0.1, -0.05) is 121 Å². The number of para-hydroxylation sites is 1. The molecule has 1 aromatic heterocycles. The number of rotatable bonds is 7. The van der Waals surface area contributed by atoms with Crippen LogP contribution in [0.5, 0.6) is 0 Å². The summed E-state index contributed by atoms with van der Waals surface area (Å²) in [4.78, 5) is 31.5. The lowest BCUT2D eigenvalue weighted by molar-refractivity contribution is -0.139. The van der Waals surface area contributed by atoms with Crippen LogP contribution in [-0.4, -0.2) is 33.2 Å². The molecule has 3 aliphatic carbocycles. The van der Waals surface area contributed by atoms with Crippen molar-refractivity contribution in [1.82, 2.24) is 10.3 Å². The van der Waals surface area contributed by atoms with Crippen molar-refractivity contribution in [3.05, 3.63) is 167 Å². The molecule has 0 radical (unpaired) electrons. The van der Waals surface area contributed by atoms with Gasteiger partial charge in [0.15, 0.2) is 0 Å². The molecule has 0 spiro atoms. The smallest absolute Gasteiger partial charge is 0.304 e. The van der Waals surface area contributed by atoms with Crippen LogP contribution < -0.4 is 5.32 Å². The minimum atomic E-state index is -0.964. The van der Waals surface area contributed by atoms with Crippen LogP contribution in [0.15, 0.2) is 145 Å². The fourth-order valence-electron chi connectivity index (χ4n) is 9.75. The van der Waals surface area contributed by atoms with Crippen molar-refractivity contribution < 1.29 is 19.8 Å². The maximum atomic E-state index is 13.1. The molecule has 6 aromatic rings. The Morgan fingerprint density at radius 2 is 1.29 bits per heavy atom. The molecule has 2 heterocycles. The van der Waals surface area contributed by atoms with E-state index in [-0.39, 0.29) is 18.9 Å². The van der Waals surface area contributed by atoms with Crippen LogP contribution in [0.4, 0.5) is 0 Å². The predicted octanol–water partition coefficient (Wildman–Crippen LogP) is 9.22. The zero-order valence-corrected chi connectivity index (χ0v) is 28.3. The van der Waals surface area contributed by atoms with E-state index in [9.17, 15) is 19.8 Å². The number of allylic oxidation sites excluding steroid dienone is 4. The Morgan fingerprint density at radius 1 is 0.673 bits per heavy atom. The maximum Gasteiger partial charge on any atom is 0.304 e. The van der Waals surface area contributed by atoms with Gasteiger partial charge in [0, 0.05) is 33.0 Å². The van der Waals surface area contributed by atoms with Crippen LogP contribution in [-0.2, 0) is 20.4 Å². The Balaban J connectivity index is 1.23. The first-order valence-electron chi connectivity index (χ1n) is 17.8. The molecule has 0 bridgehead atoms. The van der Waals surface area contributed by atoms with Gasteiger partial charge in [-0.25, -0.2) is 4.98 Å². The number of fused-ring (bicyclic) bond motifs is 11. The van der Waals surface area contributed by atoms with Crippen molar-refractivity contribution in [3.8, 4) is 11.3 Å². The van der Waals surface area contributed by atoms with Gasteiger partial charge < -0.3 is 15.5 Å². The van der Waals surface area contributed by atoms with E-state index in [2.05, 4.69) is 78.1 Å². The summed E-state index contributed by atoms with van der Waals surface area (Å²) in [6.45, 7) is 0. The van der Waals surface area contributed by atoms with E-state index in [0.29, 0.717) is 12.8 Å². The Kier molecular flexibility index (Phi) is 6.53. The fraction of sp³-hybridized carbons (Fsp3) is 0.152. The van der Waals surface area contributed by atoms with Crippen LogP contribution in [0, 0.1) is 0 Å². The van der Waals surface area contributed by atoms with Crippen molar-refractivity contribution >= 4 is 50.1 Å². The summed E-state index contributed by atoms with van der Waals surface area (Å²) in [5.41, 5.74) is 7.53. The van der Waals surface area contributed by atoms with E-state index < -0.39 is 22.8 Å². The second-order valence-corrected chi connectivity index (χ2v) is 14.6. The summed E-state index contributed by atoms with van der Waals surface area (Å²) < 4.78 is 0. The van der Waals surface area contributed by atoms with Gasteiger partial charge in [0.1, 0.15) is 0 Å².